The van der Waals surface area contributed by atoms with Crippen molar-refractivity contribution in [1.82, 2.24) is 14.5 Å². The lowest BCUT2D eigenvalue weighted by molar-refractivity contribution is -0.121. The number of methoxy groups -OCH3 is 2. The molecule has 0 saturated carbocycles. The highest BCUT2D eigenvalue weighted by Gasteiger charge is 2.16. The number of rotatable bonds is 12. The number of amides is 2. The van der Waals surface area contributed by atoms with E-state index in [9.17, 15) is 19.2 Å². The number of aryl methyl sites for hydroxylation is 2. The molecule has 0 fully saturated rings. The Bertz CT molecular complexity index is 1720. The molecule has 1 heterocycles. The Balaban J connectivity index is 1.41. The standard InChI is InChI=1S/C32H36N4O6/c1-21-11-13-25(22(2)18-21)34-30(38)20-36-26-9-6-5-8-24(26)31(39)35(32(36)40)17-7-10-29(37)33-16-15-23-12-14-27(41-3)28(19-23)42-4/h5-6,8-9,11-14,18-19H,7,10,15-17,20H2,1-4H3,(H,33,37)(H,34,38). The number of carbonyl (C=O) groups excluding carboxylic acids is 2. The molecule has 4 aromatic rings. The van der Waals surface area contributed by atoms with Crippen molar-refractivity contribution in [3.63, 3.8) is 0 Å². The van der Waals surface area contributed by atoms with Crippen LogP contribution in [0.25, 0.3) is 10.9 Å². The monoisotopic (exact) mass is 572 g/mol. The maximum Gasteiger partial charge on any atom is 0.331 e. The Hall–Kier alpha value is -4.86. The van der Waals surface area contributed by atoms with Crippen LogP contribution in [0.3, 0.4) is 0 Å². The molecule has 2 amide bonds. The molecule has 1 aromatic heterocycles. The SMILES string of the molecule is COc1ccc(CCNC(=O)CCCn2c(=O)c3ccccc3n(CC(=O)Nc3ccc(C)cc3C)c2=O)cc1OC. The maximum absolute atomic E-state index is 13.4. The van der Waals surface area contributed by atoms with Gasteiger partial charge in [0, 0.05) is 25.2 Å². The number of benzene rings is 3. The summed E-state index contributed by atoms with van der Waals surface area (Å²) in [6.07, 6.45) is 1.02. The summed E-state index contributed by atoms with van der Waals surface area (Å²) >= 11 is 0. The van der Waals surface area contributed by atoms with Crippen LogP contribution in [0.4, 0.5) is 5.69 Å². The van der Waals surface area contributed by atoms with E-state index in [0.29, 0.717) is 41.1 Å². The lowest BCUT2D eigenvalue weighted by Crippen LogP contribution is -2.42. The van der Waals surface area contributed by atoms with Crippen LogP contribution in [0.1, 0.15) is 29.5 Å². The molecule has 0 aliphatic carbocycles. The van der Waals surface area contributed by atoms with E-state index in [1.54, 1.807) is 38.5 Å². The highest BCUT2D eigenvalue weighted by molar-refractivity contribution is 5.92. The minimum absolute atomic E-state index is 0.0459. The fourth-order valence-corrected chi connectivity index (χ4v) is 4.88. The van der Waals surface area contributed by atoms with E-state index in [1.807, 2.05) is 50.2 Å². The summed E-state index contributed by atoms with van der Waals surface area (Å²) in [6.45, 7) is 4.08. The van der Waals surface area contributed by atoms with Crippen molar-refractivity contribution in [3.8, 4) is 11.5 Å². The van der Waals surface area contributed by atoms with Gasteiger partial charge in [0.15, 0.2) is 11.5 Å². The average Bonchev–Trinajstić information content (AvgIpc) is 2.98. The van der Waals surface area contributed by atoms with Crippen molar-refractivity contribution >= 4 is 28.4 Å². The molecule has 220 valence electrons. The molecule has 0 aliphatic heterocycles. The molecule has 42 heavy (non-hydrogen) atoms. The Kier molecular flexibility index (Phi) is 9.80. The van der Waals surface area contributed by atoms with Crippen molar-refractivity contribution in [2.75, 3.05) is 26.1 Å². The van der Waals surface area contributed by atoms with Gasteiger partial charge in [0.1, 0.15) is 6.54 Å². The molecule has 0 aliphatic rings. The number of para-hydroxylation sites is 1. The minimum atomic E-state index is -0.594. The maximum atomic E-state index is 13.4. The lowest BCUT2D eigenvalue weighted by atomic mass is 10.1. The van der Waals surface area contributed by atoms with Crippen molar-refractivity contribution in [2.45, 2.75) is 46.2 Å². The van der Waals surface area contributed by atoms with Crippen molar-refractivity contribution in [2.24, 2.45) is 0 Å². The summed E-state index contributed by atoms with van der Waals surface area (Å²) < 4.78 is 13.0. The van der Waals surface area contributed by atoms with Gasteiger partial charge < -0.3 is 20.1 Å². The minimum Gasteiger partial charge on any atom is -0.493 e. The van der Waals surface area contributed by atoms with Gasteiger partial charge in [0.2, 0.25) is 11.8 Å². The summed E-state index contributed by atoms with van der Waals surface area (Å²) in [7, 11) is 3.14. The summed E-state index contributed by atoms with van der Waals surface area (Å²) in [5.74, 6) is 0.691. The summed E-state index contributed by atoms with van der Waals surface area (Å²) in [5, 5.41) is 6.07. The Morgan fingerprint density at radius 1 is 0.857 bits per heavy atom. The Labute approximate surface area is 243 Å². The fourth-order valence-electron chi connectivity index (χ4n) is 4.88. The highest BCUT2D eigenvalue weighted by atomic mass is 16.5. The molecule has 0 unspecified atom stereocenters. The van der Waals surface area contributed by atoms with E-state index < -0.39 is 11.2 Å². The normalized spacial score (nSPS) is 10.9. The van der Waals surface area contributed by atoms with Gasteiger partial charge in [-0.3, -0.25) is 23.5 Å². The fraction of sp³-hybridized carbons (Fsp3) is 0.312. The van der Waals surface area contributed by atoms with Gasteiger partial charge in [-0.2, -0.15) is 0 Å². The molecule has 4 rings (SSSR count). The third kappa shape index (κ3) is 7.06. The van der Waals surface area contributed by atoms with Crippen LogP contribution in [-0.2, 0) is 29.1 Å². The van der Waals surface area contributed by atoms with E-state index >= 15 is 0 Å². The molecule has 3 aromatic carbocycles. The van der Waals surface area contributed by atoms with Gasteiger partial charge >= 0.3 is 5.69 Å². The quantitative estimate of drug-likeness (QED) is 0.268. The number of ether oxygens (including phenoxy) is 2. The first-order chi connectivity index (χ1) is 20.2. The number of fused-ring (bicyclic) bond motifs is 1. The molecule has 0 radical (unpaired) electrons. The molecule has 2 N–H and O–H groups in total. The zero-order valence-electron chi connectivity index (χ0n) is 24.4. The van der Waals surface area contributed by atoms with Gasteiger partial charge in [-0.25, -0.2) is 4.79 Å². The smallest absolute Gasteiger partial charge is 0.331 e. The molecular weight excluding hydrogens is 536 g/mol. The second-order valence-corrected chi connectivity index (χ2v) is 10.1. The first-order valence-corrected chi connectivity index (χ1v) is 13.8. The predicted octanol–water partition coefficient (Wildman–Crippen LogP) is 3.58. The lowest BCUT2D eigenvalue weighted by Gasteiger charge is -2.15. The summed E-state index contributed by atoms with van der Waals surface area (Å²) in [5.41, 5.74) is 2.97. The number of hydrogen-bond acceptors (Lipinski definition) is 6. The van der Waals surface area contributed by atoms with E-state index in [0.717, 1.165) is 21.3 Å². The van der Waals surface area contributed by atoms with Crippen LogP contribution in [0.5, 0.6) is 11.5 Å². The number of nitrogens with one attached hydrogen (secondary N) is 2. The Morgan fingerprint density at radius 3 is 2.36 bits per heavy atom. The molecule has 10 heteroatoms. The average molecular weight is 573 g/mol. The molecule has 0 saturated heterocycles. The number of anilines is 1. The van der Waals surface area contributed by atoms with E-state index in [1.165, 1.54) is 4.57 Å². The van der Waals surface area contributed by atoms with Crippen molar-refractivity contribution in [1.29, 1.82) is 0 Å². The first-order valence-electron chi connectivity index (χ1n) is 13.8. The number of aromatic nitrogens is 2. The van der Waals surface area contributed by atoms with Gasteiger partial charge in [0.25, 0.3) is 5.56 Å². The van der Waals surface area contributed by atoms with Crippen LogP contribution in [-0.4, -0.2) is 41.7 Å². The molecule has 0 bridgehead atoms. The van der Waals surface area contributed by atoms with Crippen LogP contribution in [0, 0.1) is 13.8 Å². The second-order valence-electron chi connectivity index (χ2n) is 10.1. The second kappa shape index (κ2) is 13.7. The third-order valence-corrected chi connectivity index (χ3v) is 7.06. The van der Waals surface area contributed by atoms with Gasteiger partial charge in [-0.15, -0.1) is 0 Å². The van der Waals surface area contributed by atoms with E-state index in [4.69, 9.17) is 9.47 Å². The molecule has 0 spiro atoms. The van der Waals surface area contributed by atoms with Crippen LogP contribution in [0.2, 0.25) is 0 Å². The van der Waals surface area contributed by atoms with E-state index in [-0.39, 0.29) is 37.7 Å². The summed E-state index contributed by atoms with van der Waals surface area (Å²) in [4.78, 5) is 52.1. The Morgan fingerprint density at radius 2 is 1.62 bits per heavy atom. The van der Waals surface area contributed by atoms with Gasteiger partial charge in [0.05, 0.1) is 25.1 Å². The van der Waals surface area contributed by atoms with Crippen molar-refractivity contribution in [3.05, 3.63) is 98.2 Å². The third-order valence-electron chi connectivity index (χ3n) is 7.06. The number of carbonyl (C=O) groups is 2. The largest absolute Gasteiger partial charge is 0.493 e. The highest BCUT2D eigenvalue weighted by Crippen LogP contribution is 2.27. The van der Waals surface area contributed by atoms with Crippen LogP contribution < -0.4 is 31.4 Å². The predicted molar refractivity (Wildman–Crippen MR) is 163 cm³/mol. The zero-order chi connectivity index (χ0) is 30.2. The summed E-state index contributed by atoms with van der Waals surface area (Å²) in [6, 6.07) is 18.0. The van der Waals surface area contributed by atoms with Crippen LogP contribution in [0.15, 0.2) is 70.3 Å². The van der Waals surface area contributed by atoms with Crippen LogP contribution >= 0.6 is 0 Å². The van der Waals surface area contributed by atoms with Crippen molar-refractivity contribution < 1.29 is 19.1 Å². The molecule has 10 nitrogen and oxygen atoms in total. The number of hydrogen-bond donors (Lipinski definition) is 2. The van der Waals surface area contributed by atoms with E-state index in [2.05, 4.69) is 10.6 Å². The molecular formula is C32H36N4O6. The topological polar surface area (TPSA) is 121 Å². The van der Waals surface area contributed by atoms with Gasteiger partial charge in [-0.1, -0.05) is 35.9 Å². The number of nitrogens with zero attached hydrogens (tertiary/aromatic N) is 2. The molecule has 0 atom stereocenters. The zero-order valence-corrected chi connectivity index (χ0v) is 24.4. The first kappa shape index (κ1) is 30.1. The van der Waals surface area contributed by atoms with Gasteiger partial charge in [-0.05, 0) is 68.1 Å².